The van der Waals surface area contributed by atoms with Gasteiger partial charge in [-0.2, -0.15) is 0 Å². The lowest BCUT2D eigenvalue weighted by Gasteiger charge is -2.23. The molecule has 0 unspecified atom stereocenters. The summed E-state index contributed by atoms with van der Waals surface area (Å²) in [5.41, 5.74) is 4.14. The van der Waals surface area contributed by atoms with Gasteiger partial charge in [0.2, 0.25) is 0 Å². The van der Waals surface area contributed by atoms with E-state index in [0.717, 1.165) is 18.2 Å². The molecule has 1 heterocycles. The quantitative estimate of drug-likeness (QED) is 0.682. The number of benzene rings is 1. The van der Waals surface area contributed by atoms with E-state index in [9.17, 15) is 0 Å². The van der Waals surface area contributed by atoms with Crippen LogP contribution in [0.4, 0.5) is 0 Å². The predicted molar refractivity (Wildman–Crippen MR) is 71.0 cm³/mol. The van der Waals surface area contributed by atoms with Gasteiger partial charge in [0.1, 0.15) is 0 Å². The lowest BCUT2D eigenvalue weighted by molar-refractivity contribution is 0.195. The molecule has 0 amide bonds. The minimum atomic E-state index is 0.462. The summed E-state index contributed by atoms with van der Waals surface area (Å²) >= 11 is 5.94. The van der Waals surface area contributed by atoms with Crippen molar-refractivity contribution in [2.24, 2.45) is 11.8 Å². The molecule has 0 N–H and O–H groups in total. The van der Waals surface area contributed by atoms with Gasteiger partial charge in [-0.05, 0) is 34.8 Å². The van der Waals surface area contributed by atoms with Crippen molar-refractivity contribution in [1.82, 2.24) is 0 Å². The van der Waals surface area contributed by atoms with Crippen molar-refractivity contribution in [2.75, 3.05) is 13.2 Å². The second kappa shape index (κ2) is 4.32. The van der Waals surface area contributed by atoms with Crippen LogP contribution in [-0.4, -0.2) is 13.2 Å². The molecule has 2 aliphatic rings. The normalized spacial score (nSPS) is 27.4. The zero-order chi connectivity index (χ0) is 11.8. The first-order valence-electron chi connectivity index (χ1n) is 6.00. The van der Waals surface area contributed by atoms with Crippen molar-refractivity contribution in [1.29, 1.82) is 0 Å². The molecule has 17 heavy (non-hydrogen) atoms. The maximum absolute atomic E-state index is 5.94. The highest BCUT2D eigenvalue weighted by molar-refractivity contribution is 6.30. The van der Waals surface area contributed by atoms with Crippen LogP contribution in [-0.2, 0) is 4.74 Å². The van der Waals surface area contributed by atoms with Crippen LogP contribution in [0.5, 0.6) is 0 Å². The minimum Gasteiger partial charge on any atom is -0.376 e. The van der Waals surface area contributed by atoms with Crippen molar-refractivity contribution < 1.29 is 4.74 Å². The van der Waals surface area contributed by atoms with E-state index in [2.05, 4.69) is 31.2 Å². The van der Waals surface area contributed by atoms with Crippen LogP contribution in [0.2, 0.25) is 5.02 Å². The van der Waals surface area contributed by atoms with Gasteiger partial charge in [0.05, 0.1) is 13.2 Å². The fraction of sp³-hybridized carbons (Fsp3) is 0.333. The van der Waals surface area contributed by atoms with Gasteiger partial charge in [0.25, 0.3) is 0 Å². The molecule has 0 bridgehead atoms. The third kappa shape index (κ3) is 1.94. The molecule has 1 saturated heterocycles. The Hall–Kier alpha value is -1.05. The van der Waals surface area contributed by atoms with Gasteiger partial charge in [-0.1, -0.05) is 42.8 Å². The van der Waals surface area contributed by atoms with Gasteiger partial charge in [-0.25, -0.2) is 0 Å². The highest BCUT2D eigenvalue weighted by Crippen LogP contribution is 2.39. The average molecular weight is 247 g/mol. The molecule has 88 valence electrons. The number of ether oxygens (including phenoxy) is 1. The van der Waals surface area contributed by atoms with Crippen molar-refractivity contribution in [3.05, 3.63) is 52.6 Å². The molecule has 1 aromatic carbocycles. The van der Waals surface area contributed by atoms with E-state index in [1.807, 2.05) is 12.1 Å². The molecule has 0 saturated carbocycles. The van der Waals surface area contributed by atoms with Crippen LogP contribution >= 0.6 is 11.6 Å². The van der Waals surface area contributed by atoms with E-state index in [1.165, 1.54) is 16.7 Å². The summed E-state index contributed by atoms with van der Waals surface area (Å²) in [5, 5.41) is 0.789. The van der Waals surface area contributed by atoms with Crippen LogP contribution < -0.4 is 0 Å². The average Bonchev–Trinajstić information content (AvgIpc) is 2.79. The number of hydrogen-bond acceptors (Lipinski definition) is 1. The van der Waals surface area contributed by atoms with E-state index in [1.54, 1.807) is 0 Å². The third-order valence-electron chi connectivity index (χ3n) is 3.59. The molecule has 1 fully saturated rings. The Kier molecular flexibility index (Phi) is 2.81. The van der Waals surface area contributed by atoms with Crippen molar-refractivity contribution in [3.8, 4) is 0 Å². The van der Waals surface area contributed by atoms with Crippen molar-refractivity contribution >= 4 is 17.2 Å². The molecule has 3 rings (SSSR count). The van der Waals surface area contributed by atoms with Crippen LogP contribution in [0.15, 0.2) is 42.0 Å². The highest BCUT2D eigenvalue weighted by atomic mass is 35.5. The van der Waals surface area contributed by atoms with Crippen LogP contribution in [0.3, 0.4) is 0 Å². The van der Waals surface area contributed by atoms with E-state index < -0.39 is 0 Å². The van der Waals surface area contributed by atoms with Crippen molar-refractivity contribution in [3.63, 3.8) is 0 Å². The molecule has 1 nitrogen and oxygen atoms in total. The Labute approximate surface area is 107 Å². The Morgan fingerprint density at radius 2 is 1.94 bits per heavy atom. The number of allylic oxidation sites excluding steroid dienone is 2. The number of fused-ring (bicyclic) bond motifs is 1. The van der Waals surface area contributed by atoms with Gasteiger partial charge in [-0.15, -0.1) is 0 Å². The number of halogens is 1. The van der Waals surface area contributed by atoms with E-state index >= 15 is 0 Å². The zero-order valence-electron chi connectivity index (χ0n) is 9.82. The fourth-order valence-electron chi connectivity index (χ4n) is 2.72. The third-order valence-corrected chi connectivity index (χ3v) is 3.84. The molecular formula is C15H15ClO. The van der Waals surface area contributed by atoms with Gasteiger partial charge in [-0.3, -0.25) is 0 Å². The smallest absolute Gasteiger partial charge is 0.0689 e. The predicted octanol–water partition coefficient (Wildman–Crippen LogP) is 3.95. The maximum atomic E-state index is 5.94. The van der Waals surface area contributed by atoms with E-state index in [-0.39, 0.29) is 0 Å². The first-order valence-corrected chi connectivity index (χ1v) is 6.38. The minimum absolute atomic E-state index is 0.462. The first-order chi connectivity index (χ1) is 8.25. The molecule has 1 aromatic rings. The zero-order valence-corrected chi connectivity index (χ0v) is 10.6. The second-order valence-electron chi connectivity index (χ2n) is 4.74. The summed E-state index contributed by atoms with van der Waals surface area (Å²) in [7, 11) is 0. The summed E-state index contributed by atoms with van der Waals surface area (Å²) in [6.07, 6.45) is 4.57. The summed E-state index contributed by atoms with van der Waals surface area (Å²) in [5.74, 6) is 0.945. The lowest BCUT2D eigenvalue weighted by atomic mass is 9.81. The molecule has 1 aliphatic carbocycles. The molecular weight excluding hydrogens is 232 g/mol. The second-order valence-corrected chi connectivity index (χ2v) is 5.18. The molecule has 2 heteroatoms. The lowest BCUT2D eigenvalue weighted by Crippen LogP contribution is -2.11. The number of hydrogen-bond donors (Lipinski definition) is 0. The monoisotopic (exact) mass is 246 g/mol. The standard InChI is InChI=1S/C15H15ClO/c1-10-2-3-12-8-17-9-14(12)15(10)11-4-6-13(16)7-5-11/h2-7,10,12H,8-9H2,1H3/t10-,12-/m1/s1. The van der Waals surface area contributed by atoms with Gasteiger partial charge in [0.15, 0.2) is 0 Å². The SMILES string of the molecule is C[C@@H]1C=C[C@@H]2COCC2=C1c1ccc(Cl)cc1. The molecule has 0 aromatic heterocycles. The molecule has 0 spiro atoms. The highest BCUT2D eigenvalue weighted by Gasteiger charge is 2.28. The first kappa shape index (κ1) is 11.1. The van der Waals surface area contributed by atoms with Crippen LogP contribution in [0, 0.1) is 11.8 Å². The summed E-state index contributed by atoms with van der Waals surface area (Å²) in [6, 6.07) is 8.13. The summed E-state index contributed by atoms with van der Waals surface area (Å²) < 4.78 is 5.58. The Balaban J connectivity index is 2.07. The topological polar surface area (TPSA) is 9.23 Å². The molecule has 0 radical (unpaired) electrons. The van der Waals surface area contributed by atoms with E-state index in [0.29, 0.717) is 11.8 Å². The molecule has 1 aliphatic heterocycles. The van der Waals surface area contributed by atoms with Crippen LogP contribution in [0.25, 0.3) is 5.57 Å². The summed E-state index contributed by atoms with van der Waals surface area (Å²) in [4.78, 5) is 0. The van der Waals surface area contributed by atoms with E-state index in [4.69, 9.17) is 16.3 Å². The molecule has 2 atom stereocenters. The largest absolute Gasteiger partial charge is 0.376 e. The number of rotatable bonds is 1. The fourth-order valence-corrected chi connectivity index (χ4v) is 2.85. The van der Waals surface area contributed by atoms with Gasteiger partial charge >= 0.3 is 0 Å². The maximum Gasteiger partial charge on any atom is 0.0689 e. The van der Waals surface area contributed by atoms with Crippen molar-refractivity contribution in [2.45, 2.75) is 6.92 Å². The Morgan fingerprint density at radius 3 is 2.71 bits per heavy atom. The summed E-state index contributed by atoms with van der Waals surface area (Å²) in [6.45, 7) is 3.84. The van der Waals surface area contributed by atoms with Gasteiger partial charge < -0.3 is 4.74 Å². The Morgan fingerprint density at radius 1 is 1.18 bits per heavy atom. The van der Waals surface area contributed by atoms with Gasteiger partial charge in [0, 0.05) is 10.9 Å². The van der Waals surface area contributed by atoms with Crippen LogP contribution in [0.1, 0.15) is 12.5 Å². The Bertz CT molecular complexity index is 484.